The van der Waals surface area contributed by atoms with Gasteiger partial charge in [0, 0.05) is 30.0 Å². The van der Waals surface area contributed by atoms with Gasteiger partial charge in [-0.05, 0) is 59.4 Å². The third-order valence-electron chi connectivity index (χ3n) is 8.18. The zero-order valence-corrected chi connectivity index (χ0v) is 23.8. The molecule has 43 heavy (non-hydrogen) atoms. The first-order valence-electron chi connectivity index (χ1n) is 14.5. The van der Waals surface area contributed by atoms with E-state index < -0.39 is 0 Å². The molecule has 1 fully saturated rings. The molecule has 7 rings (SSSR count). The maximum Gasteiger partial charge on any atom is 0.256 e. The first kappa shape index (κ1) is 26.7. The van der Waals surface area contributed by atoms with Crippen molar-refractivity contribution in [1.82, 2.24) is 4.90 Å². The zero-order valence-electron chi connectivity index (χ0n) is 23.8. The summed E-state index contributed by atoms with van der Waals surface area (Å²) < 4.78 is 17.5. The fourth-order valence-corrected chi connectivity index (χ4v) is 6.04. The number of fused-ring (bicyclic) bond motifs is 4. The van der Waals surface area contributed by atoms with Crippen molar-refractivity contribution < 1.29 is 23.8 Å². The van der Waals surface area contributed by atoms with E-state index in [4.69, 9.17) is 14.2 Å². The normalized spacial score (nSPS) is 16.5. The Morgan fingerprint density at radius 2 is 1.49 bits per heavy atom. The molecule has 1 saturated heterocycles. The van der Waals surface area contributed by atoms with Gasteiger partial charge in [0.2, 0.25) is 0 Å². The van der Waals surface area contributed by atoms with Crippen LogP contribution in [0.3, 0.4) is 0 Å². The molecule has 0 saturated carbocycles. The predicted octanol–water partition coefficient (Wildman–Crippen LogP) is 6.61. The van der Waals surface area contributed by atoms with E-state index in [1.165, 1.54) is 0 Å². The Morgan fingerprint density at radius 1 is 0.814 bits per heavy atom. The smallest absolute Gasteiger partial charge is 0.256 e. The second-order valence-corrected chi connectivity index (χ2v) is 10.8. The van der Waals surface area contributed by atoms with E-state index in [0.29, 0.717) is 29.4 Å². The van der Waals surface area contributed by atoms with Crippen LogP contribution in [0.1, 0.15) is 55.8 Å². The lowest BCUT2D eigenvalue weighted by Gasteiger charge is -2.21. The standard InChI is InChI=1S/C36H30N2O5/c1-41-33-20-31-32(37-22-24-7-6-16-38(24)36(31)40)21-34(33)43-18-17-42-25-14-12-23(13-15-25)19-30-26-8-2-4-10-28(26)35(39)29-11-5-3-9-27(29)30/h2-5,8-15,19-22,24H,6-7,16-18H2,1H3/t24-/m0/s1. The summed E-state index contributed by atoms with van der Waals surface area (Å²) in [6, 6.07) is 26.9. The van der Waals surface area contributed by atoms with Gasteiger partial charge in [-0.25, -0.2) is 0 Å². The second kappa shape index (κ2) is 11.2. The Labute approximate surface area is 250 Å². The quantitative estimate of drug-likeness (QED) is 0.206. The molecule has 2 aliphatic heterocycles. The van der Waals surface area contributed by atoms with Gasteiger partial charge < -0.3 is 19.1 Å². The summed E-state index contributed by atoms with van der Waals surface area (Å²) in [5, 5.41) is 0. The molecular weight excluding hydrogens is 540 g/mol. The topological polar surface area (TPSA) is 77.4 Å². The van der Waals surface area contributed by atoms with Crippen molar-refractivity contribution in [1.29, 1.82) is 0 Å². The first-order chi connectivity index (χ1) is 21.1. The Bertz CT molecular complexity index is 1740. The van der Waals surface area contributed by atoms with E-state index in [9.17, 15) is 9.59 Å². The van der Waals surface area contributed by atoms with E-state index in [1.54, 1.807) is 19.2 Å². The highest BCUT2D eigenvalue weighted by Crippen LogP contribution is 2.39. The lowest BCUT2D eigenvalue weighted by atomic mass is 9.81. The molecule has 1 aliphatic carbocycles. The molecule has 0 unspecified atom stereocenters. The zero-order chi connectivity index (χ0) is 29.3. The number of ketones is 1. The number of hydrogen-bond acceptors (Lipinski definition) is 6. The number of rotatable bonds is 7. The Hall–Kier alpha value is -5.17. The molecule has 0 spiro atoms. The number of aliphatic imine (C=N–C) groups is 1. The molecule has 4 aromatic carbocycles. The van der Waals surface area contributed by atoms with Crippen LogP contribution in [0.4, 0.5) is 5.69 Å². The number of benzene rings is 4. The summed E-state index contributed by atoms with van der Waals surface area (Å²) in [5.74, 6) is 1.76. The number of nitrogens with zero attached hydrogens (tertiary/aromatic N) is 2. The molecule has 0 N–H and O–H groups in total. The number of amides is 1. The van der Waals surface area contributed by atoms with Gasteiger partial charge in [0.05, 0.1) is 24.4 Å². The molecule has 0 bridgehead atoms. The van der Waals surface area contributed by atoms with Crippen LogP contribution >= 0.6 is 0 Å². The molecule has 1 atom stereocenters. The van der Waals surface area contributed by atoms with Gasteiger partial charge in [-0.15, -0.1) is 0 Å². The molecule has 0 aromatic heterocycles. The maximum atomic E-state index is 13.1. The fourth-order valence-electron chi connectivity index (χ4n) is 6.04. The van der Waals surface area contributed by atoms with E-state index in [0.717, 1.165) is 58.5 Å². The molecule has 0 radical (unpaired) electrons. The second-order valence-electron chi connectivity index (χ2n) is 10.8. The van der Waals surface area contributed by atoms with Gasteiger partial charge in [0.15, 0.2) is 17.3 Å². The monoisotopic (exact) mass is 570 g/mol. The minimum atomic E-state index is -0.0207. The third-order valence-corrected chi connectivity index (χ3v) is 8.18. The molecule has 7 nitrogen and oxygen atoms in total. The van der Waals surface area contributed by atoms with Crippen molar-refractivity contribution in [3.8, 4) is 17.2 Å². The van der Waals surface area contributed by atoms with Crippen LogP contribution in [0.5, 0.6) is 17.2 Å². The molecule has 4 aromatic rings. The summed E-state index contributed by atoms with van der Waals surface area (Å²) in [4.78, 5) is 32.6. The van der Waals surface area contributed by atoms with Gasteiger partial charge >= 0.3 is 0 Å². The Balaban J connectivity index is 1.03. The fraction of sp³-hybridized carbons (Fsp3) is 0.194. The molecule has 3 aliphatic rings. The Morgan fingerprint density at radius 3 is 2.19 bits per heavy atom. The summed E-state index contributed by atoms with van der Waals surface area (Å²) in [6.45, 7) is 1.35. The predicted molar refractivity (Wildman–Crippen MR) is 166 cm³/mol. The number of hydrogen-bond donors (Lipinski definition) is 0. The van der Waals surface area contributed by atoms with Gasteiger partial charge in [-0.3, -0.25) is 14.6 Å². The van der Waals surface area contributed by atoms with Gasteiger partial charge in [0.1, 0.15) is 19.0 Å². The summed E-state index contributed by atoms with van der Waals surface area (Å²) in [7, 11) is 1.56. The van der Waals surface area contributed by atoms with E-state index in [2.05, 4.69) is 11.1 Å². The number of carbonyl (C=O) groups is 2. The minimum Gasteiger partial charge on any atom is -0.493 e. The number of methoxy groups -OCH3 is 1. The molecule has 2 heterocycles. The molecule has 214 valence electrons. The largest absolute Gasteiger partial charge is 0.493 e. The van der Waals surface area contributed by atoms with Crippen LogP contribution in [0.2, 0.25) is 0 Å². The maximum absolute atomic E-state index is 13.1. The van der Waals surface area contributed by atoms with Crippen molar-refractivity contribution >= 4 is 35.2 Å². The van der Waals surface area contributed by atoms with Crippen LogP contribution in [-0.4, -0.2) is 55.7 Å². The number of carbonyl (C=O) groups excluding carboxylic acids is 2. The van der Waals surface area contributed by atoms with Crippen LogP contribution in [0.25, 0.3) is 11.6 Å². The highest BCUT2D eigenvalue weighted by Gasteiger charge is 2.32. The molecular formula is C36H30N2O5. The number of ether oxygens (including phenoxy) is 3. The highest BCUT2D eigenvalue weighted by atomic mass is 16.5. The SMILES string of the molecule is COc1cc2c(cc1OCCOc1ccc(C=C3c4ccccc4C(=O)c4ccccc43)cc1)N=C[C@@H]1CCCN1C2=O. The average molecular weight is 571 g/mol. The van der Waals surface area contributed by atoms with Gasteiger partial charge in [-0.2, -0.15) is 0 Å². The summed E-state index contributed by atoms with van der Waals surface area (Å²) in [5.41, 5.74) is 6.46. The van der Waals surface area contributed by atoms with Crippen molar-refractivity contribution in [3.63, 3.8) is 0 Å². The Kier molecular flexibility index (Phi) is 6.99. The summed E-state index contributed by atoms with van der Waals surface area (Å²) in [6.07, 6.45) is 5.89. The lowest BCUT2D eigenvalue weighted by Crippen LogP contribution is -2.35. The van der Waals surface area contributed by atoms with E-state index >= 15 is 0 Å². The average Bonchev–Trinajstić information content (AvgIpc) is 3.48. The third kappa shape index (κ3) is 4.97. The van der Waals surface area contributed by atoms with Crippen molar-refractivity contribution in [2.24, 2.45) is 4.99 Å². The van der Waals surface area contributed by atoms with E-state index in [1.807, 2.05) is 83.9 Å². The van der Waals surface area contributed by atoms with Gasteiger partial charge in [0.25, 0.3) is 5.91 Å². The molecule has 7 heteroatoms. The molecule has 1 amide bonds. The first-order valence-corrected chi connectivity index (χ1v) is 14.5. The van der Waals surface area contributed by atoms with Crippen LogP contribution < -0.4 is 14.2 Å². The highest BCUT2D eigenvalue weighted by molar-refractivity contribution is 6.20. The van der Waals surface area contributed by atoms with Crippen molar-refractivity contribution in [2.45, 2.75) is 18.9 Å². The lowest BCUT2D eigenvalue weighted by molar-refractivity contribution is 0.0774. The van der Waals surface area contributed by atoms with Crippen LogP contribution in [0.15, 0.2) is 89.9 Å². The minimum absolute atomic E-state index is 0.0207. The van der Waals surface area contributed by atoms with E-state index in [-0.39, 0.29) is 24.3 Å². The van der Waals surface area contributed by atoms with Crippen LogP contribution in [0, 0.1) is 0 Å². The summed E-state index contributed by atoms with van der Waals surface area (Å²) >= 11 is 0. The van der Waals surface area contributed by atoms with Crippen molar-refractivity contribution in [3.05, 3.63) is 118 Å². The van der Waals surface area contributed by atoms with Gasteiger partial charge in [-0.1, -0.05) is 60.7 Å². The van der Waals surface area contributed by atoms with Crippen molar-refractivity contribution in [2.75, 3.05) is 26.9 Å². The van der Waals surface area contributed by atoms with Crippen LogP contribution in [-0.2, 0) is 0 Å².